The molecule has 0 aliphatic carbocycles. The fourth-order valence-electron chi connectivity index (χ4n) is 2.42. The van der Waals surface area contributed by atoms with Crippen LogP contribution in [0.25, 0.3) is 0 Å². The van der Waals surface area contributed by atoms with E-state index in [2.05, 4.69) is 37.7 Å². The molecule has 16 heavy (non-hydrogen) atoms. The third kappa shape index (κ3) is 2.29. The van der Waals surface area contributed by atoms with Crippen LogP contribution in [-0.2, 0) is 19.4 Å². The third-order valence-corrected chi connectivity index (χ3v) is 3.25. The summed E-state index contributed by atoms with van der Waals surface area (Å²) >= 11 is 0. The number of rotatable bonds is 6. The van der Waals surface area contributed by atoms with Crippen LogP contribution >= 0.6 is 0 Å². The molecule has 1 aromatic rings. The number of hydrogen-bond acceptors (Lipinski definition) is 2. The quantitative estimate of drug-likeness (QED) is 0.803. The minimum Gasteiger partial charge on any atom is -0.313 e. The molecule has 0 aromatic carbocycles. The van der Waals surface area contributed by atoms with Crippen LogP contribution in [0.3, 0.4) is 0 Å². The molecule has 1 rings (SSSR count). The number of aryl methyl sites for hydroxylation is 2. The van der Waals surface area contributed by atoms with Gasteiger partial charge in [0.2, 0.25) is 0 Å². The summed E-state index contributed by atoms with van der Waals surface area (Å²) < 4.78 is 2.16. The Hall–Kier alpha value is -0.830. The van der Waals surface area contributed by atoms with Crippen LogP contribution in [0.1, 0.15) is 57.1 Å². The zero-order chi connectivity index (χ0) is 12.1. The molecule has 0 bridgehead atoms. The summed E-state index contributed by atoms with van der Waals surface area (Å²) in [6, 6.07) is 0.449. The molecule has 0 aliphatic heterocycles. The molecule has 3 nitrogen and oxygen atoms in total. The molecule has 0 saturated heterocycles. The Balaban J connectivity index is 3.25. The summed E-state index contributed by atoms with van der Waals surface area (Å²) in [5.41, 5.74) is 4.11. The van der Waals surface area contributed by atoms with Crippen molar-refractivity contribution < 1.29 is 0 Å². The molecule has 0 spiro atoms. The van der Waals surface area contributed by atoms with E-state index in [1.54, 1.807) is 0 Å². The highest BCUT2D eigenvalue weighted by Crippen LogP contribution is 2.25. The summed E-state index contributed by atoms with van der Waals surface area (Å²) in [7, 11) is 2.04. The van der Waals surface area contributed by atoms with E-state index in [0.29, 0.717) is 6.04 Å². The smallest absolute Gasteiger partial charge is 0.0672 e. The second-order valence-electron chi connectivity index (χ2n) is 4.08. The Labute approximate surface area is 99.2 Å². The van der Waals surface area contributed by atoms with E-state index in [0.717, 1.165) is 25.8 Å². The average molecular weight is 223 g/mol. The molecule has 1 atom stereocenters. The maximum absolute atomic E-state index is 4.71. The van der Waals surface area contributed by atoms with Gasteiger partial charge in [-0.2, -0.15) is 5.10 Å². The lowest BCUT2D eigenvalue weighted by Crippen LogP contribution is -2.18. The first-order valence-corrected chi connectivity index (χ1v) is 6.48. The normalized spacial score (nSPS) is 13.1. The molecule has 1 N–H and O–H groups in total. The van der Waals surface area contributed by atoms with Gasteiger partial charge in [0.05, 0.1) is 5.69 Å². The van der Waals surface area contributed by atoms with Crippen LogP contribution < -0.4 is 5.32 Å². The van der Waals surface area contributed by atoms with Crippen LogP contribution in [-0.4, -0.2) is 16.8 Å². The van der Waals surface area contributed by atoms with Gasteiger partial charge < -0.3 is 5.32 Å². The van der Waals surface area contributed by atoms with E-state index < -0.39 is 0 Å². The van der Waals surface area contributed by atoms with E-state index >= 15 is 0 Å². The molecule has 1 unspecified atom stereocenters. The van der Waals surface area contributed by atoms with Crippen molar-refractivity contribution in [3.05, 3.63) is 17.0 Å². The SMILES string of the molecule is CCc1nn(CC)c(CC)c1C(CC)NC. The number of nitrogens with zero attached hydrogens (tertiary/aromatic N) is 2. The highest BCUT2D eigenvalue weighted by atomic mass is 15.3. The van der Waals surface area contributed by atoms with Crippen LogP contribution in [0.4, 0.5) is 0 Å². The van der Waals surface area contributed by atoms with Gasteiger partial charge in [0.1, 0.15) is 0 Å². The maximum atomic E-state index is 4.71. The van der Waals surface area contributed by atoms with E-state index in [-0.39, 0.29) is 0 Å². The largest absolute Gasteiger partial charge is 0.313 e. The number of aromatic nitrogens is 2. The van der Waals surface area contributed by atoms with Crippen molar-refractivity contribution in [3.8, 4) is 0 Å². The Bertz CT molecular complexity index is 324. The van der Waals surface area contributed by atoms with Gasteiger partial charge in [0, 0.05) is 23.8 Å². The Morgan fingerprint density at radius 1 is 1.19 bits per heavy atom. The Morgan fingerprint density at radius 2 is 1.88 bits per heavy atom. The standard InChI is InChI=1S/C13H25N3/c1-6-10(14-5)13-11(7-2)15-16(9-4)12(13)8-3/h10,14H,6-9H2,1-5H3. The van der Waals surface area contributed by atoms with Gasteiger partial charge in [-0.1, -0.05) is 20.8 Å². The minimum absolute atomic E-state index is 0.449. The average Bonchev–Trinajstić information content (AvgIpc) is 2.68. The van der Waals surface area contributed by atoms with Gasteiger partial charge in [-0.05, 0) is 33.2 Å². The molecule has 0 saturated carbocycles. The van der Waals surface area contributed by atoms with Crippen molar-refractivity contribution in [1.29, 1.82) is 0 Å². The van der Waals surface area contributed by atoms with Crippen molar-refractivity contribution in [2.75, 3.05) is 7.05 Å². The monoisotopic (exact) mass is 223 g/mol. The van der Waals surface area contributed by atoms with Crippen molar-refractivity contribution in [1.82, 2.24) is 15.1 Å². The predicted octanol–water partition coefficient (Wildman–Crippen LogP) is 2.70. The van der Waals surface area contributed by atoms with Gasteiger partial charge in [0.25, 0.3) is 0 Å². The zero-order valence-electron chi connectivity index (χ0n) is 11.3. The molecule has 0 aliphatic rings. The van der Waals surface area contributed by atoms with Crippen LogP contribution in [0.5, 0.6) is 0 Å². The lowest BCUT2D eigenvalue weighted by molar-refractivity contribution is 0.561. The lowest BCUT2D eigenvalue weighted by atomic mass is 9.99. The number of hydrogen-bond donors (Lipinski definition) is 1. The topological polar surface area (TPSA) is 29.9 Å². The molecular formula is C13H25N3. The van der Waals surface area contributed by atoms with Crippen molar-refractivity contribution in [2.24, 2.45) is 0 Å². The van der Waals surface area contributed by atoms with E-state index in [1.807, 2.05) is 7.05 Å². The van der Waals surface area contributed by atoms with Crippen molar-refractivity contribution >= 4 is 0 Å². The second-order valence-corrected chi connectivity index (χ2v) is 4.08. The predicted molar refractivity (Wildman–Crippen MR) is 68.7 cm³/mol. The fourth-order valence-corrected chi connectivity index (χ4v) is 2.42. The van der Waals surface area contributed by atoms with Gasteiger partial charge in [-0.3, -0.25) is 4.68 Å². The maximum Gasteiger partial charge on any atom is 0.0672 e. The molecule has 3 heteroatoms. The molecule has 92 valence electrons. The van der Waals surface area contributed by atoms with Crippen molar-refractivity contribution in [3.63, 3.8) is 0 Å². The highest BCUT2D eigenvalue weighted by Gasteiger charge is 2.20. The summed E-state index contributed by atoms with van der Waals surface area (Å²) in [6.07, 6.45) is 3.20. The molecule has 1 heterocycles. The van der Waals surface area contributed by atoms with Crippen LogP contribution in [0.15, 0.2) is 0 Å². The third-order valence-electron chi connectivity index (χ3n) is 3.25. The first-order chi connectivity index (χ1) is 7.73. The molecule has 0 radical (unpaired) electrons. The van der Waals surface area contributed by atoms with Crippen LogP contribution in [0, 0.1) is 0 Å². The minimum atomic E-state index is 0.449. The van der Waals surface area contributed by atoms with Gasteiger partial charge >= 0.3 is 0 Å². The second kappa shape index (κ2) is 6.04. The Kier molecular flexibility index (Phi) is 5.00. The first kappa shape index (κ1) is 13.2. The molecule has 1 aromatic heterocycles. The van der Waals surface area contributed by atoms with E-state index in [1.165, 1.54) is 17.0 Å². The summed E-state index contributed by atoms with van der Waals surface area (Å²) in [5.74, 6) is 0. The van der Waals surface area contributed by atoms with E-state index in [4.69, 9.17) is 5.10 Å². The van der Waals surface area contributed by atoms with Gasteiger partial charge in [-0.15, -0.1) is 0 Å². The first-order valence-electron chi connectivity index (χ1n) is 6.48. The lowest BCUT2D eigenvalue weighted by Gasteiger charge is -2.16. The number of nitrogens with one attached hydrogen (secondary N) is 1. The Morgan fingerprint density at radius 3 is 2.25 bits per heavy atom. The summed E-state index contributed by atoms with van der Waals surface area (Å²) in [5, 5.41) is 8.11. The van der Waals surface area contributed by atoms with Crippen molar-refractivity contribution in [2.45, 2.75) is 59.5 Å². The summed E-state index contributed by atoms with van der Waals surface area (Å²) in [4.78, 5) is 0. The van der Waals surface area contributed by atoms with Gasteiger partial charge in [-0.25, -0.2) is 0 Å². The molecule has 0 fully saturated rings. The zero-order valence-corrected chi connectivity index (χ0v) is 11.3. The fraction of sp³-hybridized carbons (Fsp3) is 0.769. The summed E-state index contributed by atoms with van der Waals surface area (Å²) in [6.45, 7) is 9.76. The van der Waals surface area contributed by atoms with Crippen LogP contribution in [0.2, 0.25) is 0 Å². The van der Waals surface area contributed by atoms with E-state index in [9.17, 15) is 0 Å². The molecule has 0 amide bonds. The molecular weight excluding hydrogens is 198 g/mol. The highest BCUT2D eigenvalue weighted by molar-refractivity contribution is 5.30. The van der Waals surface area contributed by atoms with Gasteiger partial charge in [0.15, 0.2) is 0 Å².